The Morgan fingerprint density at radius 2 is 1.96 bits per heavy atom. The summed E-state index contributed by atoms with van der Waals surface area (Å²) in [7, 11) is 0. The largest absolute Gasteiger partial charge is 0.381 e. The van der Waals surface area contributed by atoms with Crippen LogP contribution >= 0.6 is 0 Å². The van der Waals surface area contributed by atoms with Crippen LogP contribution < -0.4 is 10.2 Å². The van der Waals surface area contributed by atoms with Crippen LogP contribution in [-0.4, -0.2) is 36.1 Å². The van der Waals surface area contributed by atoms with E-state index in [4.69, 9.17) is 0 Å². The molecule has 2 rings (SSSR count). The molecule has 1 aliphatic rings. The lowest BCUT2D eigenvalue weighted by molar-refractivity contribution is -0.130. The summed E-state index contributed by atoms with van der Waals surface area (Å²) in [6.45, 7) is 2.28. The molecule has 1 saturated carbocycles. The molecule has 0 saturated heterocycles. The minimum atomic E-state index is -1.25. The van der Waals surface area contributed by atoms with Gasteiger partial charge in [0.1, 0.15) is 0 Å². The zero-order valence-electron chi connectivity index (χ0n) is 13.6. The van der Waals surface area contributed by atoms with E-state index < -0.39 is 18.1 Å². The third kappa shape index (κ3) is 4.79. The summed E-state index contributed by atoms with van der Waals surface area (Å²) < 4.78 is 0. The number of carbonyl (C=O) groups is 2. The molecule has 0 heterocycles. The monoisotopic (exact) mass is 318 g/mol. The third-order valence-electron chi connectivity index (χ3n) is 4.62. The Kier molecular flexibility index (Phi) is 6.59. The normalized spacial score (nSPS) is 18.0. The van der Waals surface area contributed by atoms with Gasteiger partial charge in [-0.15, -0.1) is 0 Å². The van der Waals surface area contributed by atoms with Crippen LogP contribution in [0.1, 0.15) is 39.0 Å². The number of rotatable bonds is 7. The van der Waals surface area contributed by atoms with Crippen molar-refractivity contribution in [3.05, 3.63) is 30.3 Å². The van der Waals surface area contributed by atoms with E-state index >= 15 is 0 Å². The molecule has 2 amide bonds. The van der Waals surface area contributed by atoms with Gasteiger partial charge < -0.3 is 15.3 Å². The molecule has 1 aliphatic carbocycles. The number of nitrogens with one attached hydrogen (secondary N) is 1. The van der Waals surface area contributed by atoms with E-state index in [0.717, 1.165) is 12.8 Å². The highest BCUT2D eigenvalue weighted by atomic mass is 16.3. The minimum absolute atomic E-state index is 0.411. The fourth-order valence-electron chi connectivity index (χ4n) is 3.10. The first kappa shape index (κ1) is 17.5. The Hall–Kier alpha value is -1.88. The number of para-hydroxylation sites is 1. The summed E-state index contributed by atoms with van der Waals surface area (Å²) >= 11 is 0. The number of hydrogen-bond acceptors (Lipinski definition) is 3. The molecule has 0 bridgehead atoms. The smallest absolute Gasteiger partial charge is 0.251 e. The van der Waals surface area contributed by atoms with Gasteiger partial charge in [0.25, 0.3) is 5.91 Å². The van der Waals surface area contributed by atoms with E-state index in [1.807, 2.05) is 18.2 Å². The number of hydrogen-bond donors (Lipinski definition) is 2. The average Bonchev–Trinajstić information content (AvgIpc) is 2.61. The standard InChI is InChI=1S/C18H26N2O3/c1-14(20(13-21)16-10-6-3-7-11-16)17(22)18(23)19-12-15-8-4-2-5-9-15/h3,6-7,10-11,13-15,17,22H,2,4-5,8-9,12H2,1H3,(H,19,23). The fraction of sp³-hybridized carbons (Fsp3) is 0.556. The molecule has 1 aromatic rings. The number of benzene rings is 1. The first-order valence-electron chi connectivity index (χ1n) is 8.38. The van der Waals surface area contributed by atoms with Crippen LogP contribution in [0.15, 0.2) is 30.3 Å². The molecular weight excluding hydrogens is 292 g/mol. The van der Waals surface area contributed by atoms with Crippen molar-refractivity contribution in [2.75, 3.05) is 11.4 Å². The third-order valence-corrected chi connectivity index (χ3v) is 4.62. The number of nitrogens with zero attached hydrogens (tertiary/aromatic N) is 1. The highest BCUT2D eigenvalue weighted by Gasteiger charge is 2.28. The summed E-state index contributed by atoms with van der Waals surface area (Å²) in [5.74, 6) is 0.0948. The lowest BCUT2D eigenvalue weighted by atomic mass is 9.89. The predicted molar refractivity (Wildman–Crippen MR) is 90.0 cm³/mol. The molecule has 0 spiro atoms. The second-order valence-electron chi connectivity index (χ2n) is 6.28. The number of aliphatic hydroxyl groups is 1. The molecule has 0 aromatic heterocycles. The SMILES string of the molecule is CC(C(O)C(=O)NCC1CCCCC1)N(C=O)c1ccccc1. The topological polar surface area (TPSA) is 69.6 Å². The summed E-state index contributed by atoms with van der Waals surface area (Å²) in [6, 6.07) is 8.41. The molecule has 0 radical (unpaired) electrons. The maximum Gasteiger partial charge on any atom is 0.251 e. The predicted octanol–water partition coefficient (Wildman–Crippen LogP) is 2.10. The van der Waals surface area contributed by atoms with E-state index in [1.54, 1.807) is 19.1 Å². The van der Waals surface area contributed by atoms with E-state index in [9.17, 15) is 14.7 Å². The highest BCUT2D eigenvalue weighted by molar-refractivity contribution is 5.84. The van der Waals surface area contributed by atoms with Gasteiger partial charge >= 0.3 is 0 Å². The molecule has 2 N–H and O–H groups in total. The van der Waals surface area contributed by atoms with Gasteiger partial charge in [0.2, 0.25) is 6.41 Å². The zero-order valence-corrected chi connectivity index (χ0v) is 13.6. The first-order chi connectivity index (χ1) is 11.1. The van der Waals surface area contributed by atoms with E-state index in [2.05, 4.69) is 5.32 Å². The molecule has 2 unspecified atom stereocenters. The van der Waals surface area contributed by atoms with Crippen LogP contribution in [-0.2, 0) is 9.59 Å². The summed E-state index contributed by atoms with van der Waals surface area (Å²) in [6.07, 6.45) is 5.38. The van der Waals surface area contributed by atoms with Gasteiger partial charge in [-0.3, -0.25) is 9.59 Å². The molecule has 2 atom stereocenters. The highest BCUT2D eigenvalue weighted by Crippen LogP contribution is 2.23. The molecule has 5 heteroatoms. The van der Waals surface area contributed by atoms with Crippen LogP contribution in [0.2, 0.25) is 0 Å². The fourth-order valence-corrected chi connectivity index (χ4v) is 3.10. The van der Waals surface area contributed by atoms with E-state index in [0.29, 0.717) is 24.6 Å². The summed E-state index contributed by atoms with van der Waals surface area (Å²) in [4.78, 5) is 24.9. The Morgan fingerprint density at radius 1 is 1.30 bits per heavy atom. The Morgan fingerprint density at radius 3 is 2.57 bits per heavy atom. The zero-order chi connectivity index (χ0) is 16.7. The van der Waals surface area contributed by atoms with Crippen molar-refractivity contribution in [3.8, 4) is 0 Å². The number of anilines is 1. The van der Waals surface area contributed by atoms with Gasteiger partial charge in [0, 0.05) is 12.2 Å². The van der Waals surface area contributed by atoms with Crippen LogP contribution in [0, 0.1) is 5.92 Å². The van der Waals surface area contributed by atoms with E-state index in [-0.39, 0.29) is 0 Å². The van der Waals surface area contributed by atoms with Crippen molar-refractivity contribution >= 4 is 18.0 Å². The van der Waals surface area contributed by atoms with Crippen LogP contribution in [0.3, 0.4) is 0 Å². The second kappa shape index (κ2) is 8.67. The minimum Gasteiger partial charge on any atom is -0.381 e. The van der Waals surface area contributed by atoms with Gasteiger partial charge in [0.15, 0.2) is 6.10 Å². The summed E-state index contributed by atoms with van der Waals surface area (Å²) in [5.41, 5.74) is 0.661. The van der Waals surface area contributed by atoms with E-state index in [1.165, 1.54) is 24.2 Å². The Labute approximate surface area is 137 Å². The van der Waals surface area contributed by atoms with Gasteiger partial charge in [-0.2, -0.15) is 0 Å². The lowest BCUT2D eigenvalue weighted by Crippen LogP contribution is -2.49. The molecule has 1 fully saturated rings. The second-order valence-corrected chi connectivity index (χ2v) is 6.28. The van der Waals surface area contributed by atoms with Crippen LogP contribution in [0.25, 0.3) is 0 Å². The summed E-state index contributed by atoms with van der Waals surface area (Å²) in [5, 5.41) is 13.1. The van der Waals surface area contributed by atoms with Gasteiger partial charge in [-0.1, -0.05) is 37.5 Å². The van der Waals surface area contributed by atoms with Crippen LogP contribution in [0.4, 0.5) is 5.69 Å². The number of amides is 2. The molecule has 0 aliphatic heterocycles. The van der Waals surface area contributed by atoms with Gasteiger partial charge in [-0.05, 0) is 37.8 Å². The van der Waals surface area contributed by atoms with Crippen molar-refractivity contribution in [2.45, 2.75) is 51.2 Å². The number of aliphatic hydroxyl groups excluding tert-OH is 1. The Bertz CT molecular complexity index is 500. The van der Waals surface area contributed by atoms with Crippen molar-refractivity contribution in [2.24, 2.45) is 5.92 Å². The number of carbonyl (C=O) groups excluding carboxylic acids is 2. The molecule has 5 nitrogen and oxygen atoms in total. The maximum atomic E-state index is 12.2. The lowest BCUT2D eigenvalue weighted by Gasteiger charge is -2.29. The molecule has 23 heavy (non-hydrogen) atoms. The van der Waals surface area contributed by atoms with Gasteiger partial charge in [-0.25, -0.2) is 0 Å². The molecule has 1 aromatic carbocycles. The molecule has 126 valence electrons. The van der Waals surface area contributed by atoms with Crippen molar-refractivity contribution < 1.29 is 14.7 Å². The quantitative estimate of drug-likeness (QED) is 0.756. The Balaban J connectivity index is 1.90. The van der Waals surface area contributed by atoms with Crippen molar-refractivity contribution in [1.82, 2.24) is 5.32 Å². The van der Waals surface area contributed by atoms with Gasteiger partial charge in [0.05, 0.1) is 6.04 Å². The average molecular weight is 318 g/mol. The maximum absolute atomic E-state index is 12.2. The molecular formula is C18H26N2O3. The van der Waals surface area contributed by atoms with Crippen LogP contribution in [0.5, 0.6) is 0 Å². The first-order valence-corrected chi connectivity index (χ1v) is 8.38. The van der Waals surface area contributed by atoms with Crippen molar-refractivity contribution in [1.29, 1.82) is 0 Å². The van der Waals surface area contributed by atoms with Crippen molar-refractivity contribution in [3.63, 3.8) is 0 Å².